The summed E-state index contributed by atoms with van der Waals surface area (Å²) < 4.78 is 0. The van der Waals surface area contributed by atoms with E-state index in [4.69, 9.17) is 0 Å². The Kier molecular flexibility index (Phi) is 8.37. The summed E-state index contributed by atoms with van der Waals surface area (Å²) in [7, 11) is 1.98. The average Bonchev–Trinajstić information content (AvgIpc) is 3.04. The molecule has 0 aromatic heterocycles. The normalized spacial score (nSPS) is 45.2. The predicted molar refractivity (Wildman–Crippen MR) is 121 cm³/mol. The standard InChI is InChI=1S/C27H47NO2.Na/c1-6-7-18(2)22-10-11-23-21-9-8-19-16-20(28(5)17-25(29)30)12-14-26(19,3)24(21)13-15-27(22,23)4;/h18-24H,6-17H2,1-5H3,(H,29,30);/q;+1/p-1/t18-,19?,20?,21?,22-,23?,24?,26+,27-;/m1./s1. The van der Waals surface area contributed by atoms with Gasteiger partial charge in [-0.25, -0.2) is 0 Å². The van der Waals surface area contributed by atoms with Gasteiger partial charge in [0.2, 0.25) is 0 Å². The fraction of sp³-hybridized carbons (Fsp3) is 0.963. The van der Waals surface area contributed by atoms with Crippen molar-refractivity contribution in [3.8, 4) is 0 Å². The van der Waals surface area contributed by atoms with Crippen LogP contribution in [0, 0.1) is 46.3 Å². The van der Waals surface area contributed by atoms with Crippen molar-refractivity contribution in [2.24, 2.45) is 46.3 Å². The second-order valence-corrected chi connectivity index (χ2v) is 12.4. The third kappa shape index (κ3) is 4.56. The molecule has 0 aromatic carbocycles. The van der Waals surface area contributed by atoms with Crippen LogP contribution in [0.4, 0.5) is 0 Å². The van der Waals surface area contributed by atoms with E-state index < -0.39 is 5.97 Å². The molecule has 0 N–H and O–H groups in total. The molecule has 9 atom stereocenters. The van der Waals surface area contributed by atoms with Gasteiger partial charge in [-0.2, -0.15) is 0 Å². The van der Waals surface area contributed by atoms with E-state index in [0.29, 0.717) is 16.9 Å². The van der Waals surface area contributed by atoms with Gasteiger partial charge in [-0.15, -0.1) is 0 Å². The number of rotatable bonds is 6. The van der Waals surface area contributed by atoms with E-state index in [9.17, 15) is 9.90 Å². The molecule has 4 heteroatoms. The Morgan fingerprint density at radius 2 is 1.71 bits per heavy atom. The Morgan fingerprint density at radius 3 is 2.39 bits per heavy atom. The van der Waals surface area contributed by atoms with Crippen molar-refractivity contribution in [3.63, 3.8) is 0 Å². The molecule has 172 valence electrons. The average molecular weight is 440 g/mol. The summed E-state index contributed by atoms with van der Waals surface area (Å²) in [6, 6.07) is 0.428. The molecule has 0 aromatic rings. The molecule has 0 bridgehead atoms. The molecule has 3 nitrogen and oxygen atoms in total. The number of carboxylic acid groups (broad SMARTS) is 1. The van der Waals surface area contributed by atoms with Crippen molar-refractivity contribution >= 4 is 5.97 Å². The van der Waals surface area contributed by atoms with Gasteiger partial charge in [-0.3, -0.25) is 4.90 Å². The molecule has 0 radical (unpaired) electrons. The Hall–Kier alpha value is 0.430. The van der Waals surface area contributed by atoms with Crippen molar-refractivity contribution in [3.05, 3.63) is 0 Å². The third-order valence-electron chi connectivity index (χ3n) is 11.1. The Balaban J connectivity index is 0.00000272. The number of aliphatic carboxylic acids is 1. The number of carboxylic acids is 1. The molecule has 0 amide bonds. The summed E-state index contributed by atoms with van der Waals surface area (Å²) in [5.41, 5.74) is 1.07. The van der Waals surface area contributed by atoms with Gasteiger partial charge in [0, 0.05) is 12.6 Å². The van der Waals surface area contributed by atoms with E-state index in [0.717, 1.165) is 41.9 Å². The van der Waals surface area contributed by atoms with Gasteiger partial charge in [0.25, 0.3) is 0 Å². The second kappa shape index (κ2) is 9.96. The molecule has 4 saturated carbocycles. The summed E-state index contributed by atoms with van der Waals surface area (Å²) >= 11 is 0. The number of likely N-dealkylation sites (N-methyl/N-ethyl adjacent to an activating group) is 1. The fourth-order valence-electron chi connectivity index (χ4n) is 9.60. The zero-order valence-corrected chi connectivity index (χ0v) is 23.3. The Morgan fingerprint density at radius 1 is 1.03 bits per heavy atom. The van der Waals surface area contributed by atoms with Crippen LogP contribution < -0.4 is 34.7 Å². The van der Waals surface area contributed by atoms with Gasteiger partial charge in [-0.1, -0.05) is 40.5 Å². The van der Waals surface area contributed by atoms with E-state index in [2.05, 4.69) is 32.6 Å². The number of hydrogen-bond donors (Lipinski definition) is 0. The maximum absolute atomic E-state index is 11.1. The predicted octanol–water partition coefficient (Wildman–Crippen LogP) is 2.14. The summed E-state index contributed by atoms with van der Waals surface area (Å²) in [5, 5.41) is 11.1. The van der Waals surface area contributed by atoms with Crippen LogP contribution in [0.15, 0.2) is 0 Å². The van der Waals surface area contributed by atoms with Gasteiger partial charge in [0.1, 0.15) is 0 Å². The van der Waals surface area contributed by atoms with Crippen LogP contribution in [-0.2, 0) is 4.79 Å². The zero-order valence-electron chi connectivity index (χ0n) is 21.3. The first-order valence-electron chi connectivity index (χ1n) is 13.1. The van der Waals surface area contributed by atoms with Crippen LogP contribution in [-0.4, -0.2) is 30.5 Å². The summed E-state index contributed by atoms with van der Waals surface area (Å²) in [6.07, 6.45) is 15.0. The largest absolute Gasteiger partial charge is 1.00 e. The van der Waals surface area contributed by atoms with Gasteiger partial charge >= 0.3 is 29.6 Å². The SMILES string of the molecule is CCC[C@@H](C)[C@H]1CCC2C3CCC4CC(N(C)CC(=O)[O-])CC[C@]4(C)C3CC[C@@]21C.[Na+]. The molecule has 0 spiro atoms. The topological polar surface area (TPSA) is 43.4 Å². The van der Waals surface area contributed by atoms with Gasteiger partial charge < -0.3 is 9.90 Å². The quantitative estimate of drug-likeness (QED) is 0.596. The Labute approximate surface area is 213 Å². The first kappa shape index (κ1) is 26.0. The number of nitrogens with zero attached hydrogens (tertiary/aromatic N) is 1. The first-order valence-corrected chi connectivity index (χ1v) is 13.1. The summed E-state index contributed by atoms with van der Waals surface area (Å²) in [4.78, 5) is 13.1. The number of fused-ring (bicyclic) bond motifs is 5. The van der Waals surface area contributed by atoms with Crippen molar-refractivity contribution < 1.29 is 39.5 Å². The van der Waals surface area contributed by atoms with Crippen molar-refractivity contribution in [2.75, 3.05) is 13.6 Å². The molecule has 0 heterocycles. The van der Waals surface area contributed by atoms with E-state index >= 15 is 0 Å². The van der Waals surface area contributed by atoms with Crippen LogP contribution in [0.2, 0.25) is 0 Å². The minimum Gasteiger partial charge on any atom is -0.549 e. The molecule has 4 rings (SSSR count). The maximum atomic E-state index is 11.1. The van der Waals surface area contributed by atoms with Crippen LogP contribution in [0.3, 0.4) is 0 Å². The van der Waals surface area contributed by atoms with E-state index in [-0.39, 0.29) is 36.1 Å². The van der Waals surface area contributed by atoms with Crippen LogP contribution in [0.25, 0.3) is 0 Å². The minimum atomic E-state index is -0.936. The maximum Gasteiger partial charge on any atom is 1.00 e. The molecular weight excluding hydrogens is 393 g/mol. The number of carbonyl (C=O) groups excluding carboxylic acids is 1. The van der Waals surface area contributed by atoms with Crippen molar-refractivity contribution in [1.29, 1.82) is 0 Å². The monoisotopic (exact) mass is 439 g/mol. The molecule has 31 heavy (non-hydrogen) atoms. The van der Waals surface area contributed by atoms with Gasteiger partial charge in [0.15, 0.2) is 0 Å². The third-order valence-corrected chi connectivity index (χ3v) is 11.1. The molecule has 4 aliphatic rings. The van der Waals surface area contributed by atoms with E-state index in [1.54, 1.807) is 0 Å². The second-order valence-electron chi connectivity index (χ2n) is 12.4. The minimum absolute atomic E-state index is 0. The van der Waals surface area contributed by atoms with Crippen molar-refractivity contribution in [2.45, 2.75) is 104 Å². The van der Waals surface area contributed by atoms with Crippen LogP contribution in [0.5, 0.6) is 0 Å². The number of hydrogen-bond acceptors (Lipinski definition) is 3. The van der Waals surface area contributed by atoms with E-state index in [1.165, 1.54) is 64.2 Å². The molecule has 0 saturated heterocycles. The van der Waals surface area contributed by atoms with Crippen LogP contribution >= 0.6 is 0 Å². The zero-order chi connectivity index (χ0) is 21.7. The molecule has 5 unspecified atom stereocenters. The van der Waals surface area contributed by atoms with Gasteiger partial charge in [-0.05, 0) is 111 Å². The Bertz CT molecular complexity index is 641. The summed E-state index contributed by atoms with van der Waals surface area (Å²) in [6.45, 7) is 10.3. The van der Waals surface area contributed by atoms with Crippen LogP contribution in [0.1, 0.15) is 98.3 Å². The molecule has 0 aliphatic heterocycles. The molecule has 4 fully saturated rings. The number of carbonyl (C=O) groups is 1. The first-order chi connectivity index (χ1) is 14.2. The van der Waals surface area contributed by atoms with Gasteiger partial charge in [0.05, 0.1) is 5.97 Å². The summed E-state index contributed by atoms with van der Waals surface area (Å²) in [5.74, 6) is 4.49. The van der Waals surface area contributed by atoms with Crippen molar-refractivity contribution in [1.82, 2.24) is 4.90 Å². The fourth-order valence-corrected chi connectivity index (χ4v) is 9.60. The molecular formula is C27H46NNaO2. The smallest absolute Gasteiger partial charge is 0.549 e. The van der Waals surface area contributed by atoms with E-state index in [1.807, 2.05) is 7.05 Å². The molecule has 4 aliphatic carbocycles.